The molecular weight excluding hydrogens is 256 g/mol. The Labute approximate surface area is 117 Å². The zero-order valence-electron chi connectivity index (χ0n) is 12.7. The molecule has 3 nitrogen and oxygen atoms in total. The number of aryl methyl sites for hydroxylation is 1. The third kappa shape index (κ3) is 2.96. The zero-order chi connectivity index (χ0) is 14.3. The molecule has 1 aliphatic rings. The normalized spacial score (nSPS) is 20.4. The lowest BCUT2D eigenvalue weighted by molar-refractivity contribution is 0.131. The lowest BCUT2D eigenvalue weighted by Crippen LogP contribution is -2.42. The van der Waals surface area contributed by atoms with E-state index in [1.165, 1.54) is 5.56 Å². The predicted molar refractivity (Wildman–Crippen MR) is 78.6 cm³/mol. The van der Waals surface area contributed by atoms with Crippen molar-refractivity contribution in [1.82, 2.24) is 0 Å². The first-order chi connectivity index (χ1) is 8.74. The lowest BCUT2D eigenvalue weighted by atomic mass is 9.96. The van der Waals surface area contributed by atoms with Gasteiger partial charge in [0, 0.05) is 0 Å². The third-order valence-electron chi connectivity index (χ3n) is 4.50. The molecule has 0 saturated heterocycles. The highest BCUT2D eigenvalue weighted by Crippen LogP contribution is 2.43. The molecule has 0 fully saturated rings. The maximum atomic E-state index is 9.21. The molecule has 2 rings (SSSR count). The SMILES string of the molecule is CC(C)(C)[Si](C)(C)OC1CCCc2cc(CO)oc21. The van der Waals surface area contributed by atoms with Gasteiger partial charge in [0.15, 0.2) is 8.32 Å². The number of aliphatic hydroxyl groups is 1. The number of hydrogen-bond donors (Lipinski definition) is 1. The standard InChI is InChI=1S/C15H26O3Si/c1-15(2,3)19(4,5)18-13-8-6-7-11-9-12(10-16)17-14(11)13/h9,13,16H,6-8,10H2,1-5H3. The Morgan fingerprint density at radius 3 is 2.68 bits per heavy atom. The van der Waals surface area contributed by atoms with E-state index in [1.807, 2.05) is 6.07 Å². The topological polar surface area (TPSA) is 42.6 Å². The van der Waals surface area contributed by atoms with E-state index in [0.717, 1.165) is 25.0 Å². The van der Waals surface area contributed by atoms with Crippen molar-refractivity contribution in [1.29, 1.82) is 0 Å². The average molecular weight is 282 g/mol. The molecule has 0 aromatic carbocycles. The highest BCUT2D eigenvalue weighted by molar-refractivity contribution is 6.74. The minimum Gasteiger partial charge on any atom is -0.461 e. The Morgan fingerprint density at radius 2 is 2.11 bits per heavy atom. The summed E-state index contributed by atoms with van der Waals surface area (Å²) in [5.74, 6) is 1.62. The van der Waals surface area contributed by atoms with E-state index in [2.05, 4.69) is 33.9 Å². The van der Waals surface area contributed by atoms with E-state index in [1.54, 1.807) is 0 Å². The van der Waals surface area contributed by atoms with E-state index >= 15 is 0 Å². The van der Waals surface area contributed by atoms with E-state index in [9.17, 15) is 5.11 Å². The number of rotatable bonds is 3. The van der Waals surface area contributed by atoms with Crippen molar-refractivity contribution in [3.8, 4) is 0 Å². The molecule has 1 heterocycles. The van der Waals surface area contributed by atoms with E-state index < -0.39 is 8.32 Å². The smallest absolute Gasteiger partial charge is 0.193 e. The molecule has 19 heavy (non-hydrogen) atoms. The molecule has 0 saturated carbocycles. The van der Waals surface area contributed by atoms with Crippen LogP contribution in [0.3, 0.4) is 0 Å². The molecule has 0 radical (unpaired) electrons. The minimum absolute atomic E-state index is 0.0280. The van der Waals surface area contributed by atoms with Crippen LogP contribution in [0.2, 0.25) is 18.1 Å². The molecule has 1 aliphatic carbocycles. The van der Waals surface area contributed by atoms with Crippen molar-refractivity contribution >= 4 is 8.32 Å². The molecule has 1 N–H and O–H groups in total. The Hall–Kier alpha value is -0.583. The Kier molecular flexibility index (Phi) is 3.96. The van der Waals surface area contributed by atoms with Crippen molar-refractivity contribution < 1.29 is 13.9 Å². The van der Waals surface area contributed by atoms with Crippen LogP contribution < -0.4 is 0 Å². The average Bonchev–Trinajstić information content (AvgIpc) is 2.71. The monoisotopic (exact) mass is 282 g/mol. The van der Waals surface area contributed by atoms with Crippen LogP contribution in [-0.2, 0) is 17.5 Å². The van der Waals surface area contributed by atoms with Crippen LogP contribution in [0.25, 0.3) is 0 Å². The number of furan rings is 1. The quantitative estimate of drug-likeness (QED) is 0.846. The van der Waals surface area contributed by atoms with Gasteiger partial charge in [-0.25, -0.2) is 0 Å². The van der Waals surface area contributed by atoms with Crippen LogP contribution in [0.5, 0.6) is 0 Å². The van der Waals surface area contributed by atoms with Gasteiger partial charge in [-0.05, 0) is 49.0 Å². The van der Waals surface area contributed by atoms with Crippen LogP contribution >= 0.6 is 0 Å². The van der Waals surface area contributed by atoms with Crippen molar-refractivity contribution in [2.75, 3.05) is 0 Å². The fourth-order valence-electron chi connectivity index (χ4n) is 2.30. The van der Waals surface area contributed by atoms with Gasteiger partial charge >= 0.3 is 0 Å². The van der Waals surface area contributed by atoms with Crippen LogP contribution in [0.1, 0.15) is 56.8 Å². The maximum absolute atomic E-state index is 9.21. The van der Waals surface area contributed by atoms with E-state index in [4.69, 9.17) is 8.84 Å². The number of hydrogen-bond acceptors (Lipinski definition) is 3. The van der Waals surface area contributed by atoms with Gasteiger partial charge in [0.2, 0.25) is 0 Å². The molecule has 1 aromatic rings. The van der Waals surface area contributed by atoms with Crippen LogP contribution in [0.4, 0.5) is 0 Å². The Bertz CT molecular complexity index is 443. The molecule has 4 heteroatoms. The maximum Gasteiger partial charge on any atom is 0.193 e. The first-order valence-electron chi connectivity index (χ1n) is 7.15. The molecule has 0 spiro atoms. The second-order valence-corrected chi connectivity index (χ2v) is 11.8. The molecule has 1 unspecified atom stereocenters. The second kappa shape index (κ2) is 5.07. The van der Waals surface area contributed by atoms with Crippen molar-refractivity contribution in [3.05, 3.63) is 23.2 Å². The molecule has 0 amide bonds. The highest BCUT2D eigenvalue weighted by Gasteiger charge is 2.41. The van der Waals surface area contributed by atoms with Crippen molar-refractivity contribution in [2.45, 2.75) is 70.9 Å². The summed E-state index contributed by atoms with van der Waals surface area (Å²) >= 11 is 0. The largest absolute Gasteiger partial charge is 0.461 e. The minimum atomic E-state index is -1.78. The summed E-state index contributed by atoms with van der Waals surface area (Å²) < 4.78 is 12.3. The predicted octanol–water partition coefficient (Wildman–Crippen LogP) is 4.17. The lowest BCUT2D eigenvalue weighted by Gasteiger charge is -2.39. The first kappa shape index (κ1) is 14.8. The van der Waals surface area contributed by atoms with Gasteiger partial charge in [0.25, 0.3) is 0 Å². The molecule has 1 atom stereocenters. The van der Waals surface area contributed by atoms with Crippen molar-refractivity contribution in [2.24, 2.45) is 0 Å². The molecule has 0 bridgehead atoms. The fraction of sp³-hybridized carbons (Fsp3) is 0.733. The van der Waals surface area contributed by atoms with E-state index in [0.29, 0.717) is 5.76 Å². The zero-order valence-corrected chi connectivity index (χ0v) is 13.7. The van der Waals surface area contributed by atoms with Crippen LogP contribution in [0.15, 0.2) is 10.5 Å². The van der Waals surface area contributed by atoms with Gasteiger partial charge in [0.05, 0.1) is 0 Å². The van der Waals surface area contributed by atoms with Gasteiger partial charge in [0.1, 0.15) is 24.2 Å². The molecule has 1 aromatic heterocycles. The van der Waals surface area contributed by atoms with Crippen LogP contribution in [0, 0.1) is 0 Å². The summed E-state index contributed by atoms with van der Waals surface area (Å²) in [7, 11) is -1.78. The molecule has 108 valence electrons. The third-order valence-corrected chi connectivity index (χ3v) is 8.98. The number of fused-ring (bicyclic) bond motifs is 1. The molecular formula is C15H26O3Si. The summed E-state index contributed by atoms with van der Waals surface area (Å²) in [6.45, 7) is 11.3. The summed E-state index contributed by atoms with van der Waals surface area (Å²) in [4.78, 5) is 0. The summed E-state index contributed by atoms with van der Waals surface area (Å²) in [5.41, 5.74) is 1.22. The Balaban J connectivity index is 2.22. The fourth-order valence-corrected chi connectivity index (χ4v) is 3.59. The van der Waals surface area contributed by atoms with Gasteiger partial charge in [-0.1, -0.05) is 20.8 Å². The van der Waals surface area contributed by atoms with E-state index in [-0.39, 0.29) is 17.7 Å². The van der Waals surface area contributed by atoms with Gasteiger partial charge in [-0.15, -0.1) is 0 Å². The van der Waals surface area contributed by atoms with Crippen LogP contribution in [-0.4, -0.2) is 13.4 Å². The summed E-state index contributed by atoms with van der Waals surface area (Å²) in [5, 5.41) is 9.41. The van der Waals surface area contributed by atoms with Crippen molar-refractivity contribution in [3.63, 3.8) is 0 Å². The van der Waals surface area contributed by atoms with Gasteiger partial charge in [-0.2, -0.15) is 0 Å². The summed E-state index contributed by atoms with van der Waals surface area (Å²) in [6.07, 6.45) is 3.27. The molecule has 0 aliphatic heterocycles. The second-order valence-electron chi connectivity index (χ2n) is 7.02. The first-order valence-corrected chi connectivity index (χ1v) is 10.1. The summed E-state index contributed by atoms with van der Waals surface area (Å²) in [6, 6.07) is 1.98. The number of aliphatic hydroxyl groups excluding tert-OH is 1. The Morgan fingerprint density at radius 1 is 1.42 bits per heavy atom. The highest BCUT2D eigenvalue weighted by atomic mass is 28.4. The van der Waals surface area contributed by atoms with Gasteiger partial charge in [-0.3, -0.25) is 0 Å². The van der Waals surface area contributed by atoms with Gasteiger partial charge < -0.3 is 13.9 Å².